The van der Waals surface area contributed by atoms with Crippen LogP contribution in [0.3, 0.4) is 0 Å². The summed E-state index contributed by atoms with van der Waals surface area (Å²) < 4.78 is 1.53. The van der Waals surface area contributed by atoms with Crippen molar-refractivity contribution in [1.29, 1.82) is 0 Å². The minimum absolute atomic E-state index is 0.225. The van der Waals surface area contributed by atoms with Crippen molar-refractivity contribution in [2.45, 2.75) is 50.2 Å². The first-order valence-electron chi connectivity index (χ1n) is 11.6. The summed E-state index contributed by atoms with van der Waals surface area (Å²) in [6.07, 6.45) is 6.91. The van der Waals surface area contributed by atoms with Crippen LogP contribution in [0, 0.1) is 0 Å². The van der Waals surface area contributed by atoms with Crippen molar-refractivity contribution in [3.63, 3.8) is 0 Å². The summed E-state index contributed by atoms with van der Waals surface area (Å²) in [7, 11) is 0. The molecule has 2 amide bonds. The lowest BCUT2D eigenvalue weighted by Crippen LogP contribution is -2.52. The second-order valence-corrected chi connectivity index (χ2v) is 9.12. The van der Waals surface area contributed by atoms with E-state index >= 15 is 0 Å². The number of benzene rings is 1. The van der Waals surface area contributed by atoms with Gasteiger partial charge in [-0.15, -0.1) is 0 Å². The standard InChI is InChI=1S/C23H31N7O2/c24-17-13-19(14-17)26-18-3-1-16-12-20(4-2-15(16)11-18)30-8-5-21(28-23(30)32)27-22(31)29-9-6-25-7-10-29/h2,4-5,8,12,17-19,25-26H,1,3,6-7,9-11,13-14,24H2,(H,27,28,31,32). The number of carbonyl (C=O) groups is 1. The van der Waals surface area contributed by atoms with Gasteiger partial charge in [0.1, 0.15) is 5.82 Å². The van der Waals surface area contributed by atoms with E-state index in [-0.39, 0.29) is 11.8 Å². The summed E-state index contributed by atoms with van der Waals surface area (Å²) in [5, 5.41) is 9.68. The summed E-state index contributed by atoms with van der Waals surface area (Å²) >= 11 is 0. The monoisotopic (exact) mass is 437 g/mol. The highest BCUT2D eigenvalue weighted by atomic mass is 16.2. The van der Waals surface area contributed by atoms with Gasteiger partial charge in [0.2, 0.25) is 0 Å². The zero-order valence-corrected chi connectivity index (χ0v) is 18.2. The van der Waals surface area contributed by atoms with Gasteiger partial charge in [-0.2, -0.15) is 4.98 Å². The van der Waals surface area contributed by atoms with Crippen LogP contribution in [0.1, 0.15) is 30.4 Å². The number of aromatic nitrogens is 2. The fourth-order valence-corrected chi connectivity index (χ4v) is 4.89. The quantitative estimate of drug-likeness (QED) is 0.557. The van der Waals surface area contributed by atoms with Gasteiger partial charge in [-0.3, -0.25) is 9.88 Å². The number of urea groups is 1. The number of fused-ring (bicyclic) bond motifs is 1. The van der Waals surface area contributed by atoms with Crippen molar-refractivity contribution in [2.75, 3.05) is 31.5 Å². The molecular formula is C23H31N7O2. The zero-order valence-electron chi connectivity index (χ0n) is 18.2. The maximum Gasteiger partial charge on any atom is 0.354 e. The molecule has 1 aliphatic heterocycles. The third-order valence-electron chi connectivity index (χ3n) is 6.79. The molecule has 3 aliphatic rings. The first-order valence-corrected chi connectivity index (χ1v) is 11.6. The topological polar surface area (TPSA) is 117 Å². The zero-order chi connectivity index (χ0) is 22.1. The SMILES string of the molecule is NC1CC(NC2CCc3cc(-n4ccc(NC(=O)N5CCNCC5)nc4=O)ccc3C2)C1. The van der Waals surface area contributed by atoms with Crippen molar-refractivity contribution in [2.24, 2.45) is 5.73 Å². The highest BCUT2D eigenvalue weighted by Crippen LogP contribution is 2.26. The summed E-state index contributed by atoms with van der Waals surface area (Å²) in [4.78, 5) is 30.8. The Labute approximate surface area is 187 Å². The lowest BCUT2D eigenvalue weighted by Gasteiger charge is -2.38. The number of rotatable bonds is 4. The second kappa shape index (κ2) is 9.01. The van der Waals surface area contributed by atoms with Crippen LogP contribution in [-0.2, 0) is 12.8 Å². The van der Waals surface area contributed by atoms with Crippen molar-refractivity contribution >= 4 is 11.8 Å². The summed E-state index contributed by atoms with van der Waals surface area (Å²) in [5.74, 6) is 0.275. The molecule has 0 radical (unpaired) electrons. The van der Waals surface area contributed by atoms with Crippen LogP contribution in [0.15, 0.2) is 35.3 Å². The molecule has 1 saturated heterocycles. The Morgan fingerprint density at radius 3 is 2.69 bits per heavy atom. The second-order valence-electron chi connectivity index (χ2n) is 9.12. The van der Waals surface area contributed by atoms with Gasteiger partial charge in [0.15, 0.2) is 0 Å². The third kappa shape index (κ3) is 4.55. The van der Waals surface area contributed by atoms with Crippen LogP contribution < -0.4 is 27.4 Å². The molecule has 170 valence electrons. The lowest BCUT2D eigenvalue weighted by molar-refractivity contribution is 0.204. The van der Waals surface area contributed by atoms with Gasteiger partial charge in [0, 0.05) is 50.5 Å². The molecule has 9 nitrogen and oxygen atoms in total. The predicted octanol–water partition coefficient (Wildman–Crippen LogP) is 0.606. The summed E-state index contributed by atoms with van der Waals surface area (Å²) in [5.41, 5.74) is 8.93. The van der Waals surface area contributed by atoms with Gasteiger partial charge < -0.3 is 21.3 Å². The highest BCUT2D eigenvalue weighted by Gasteiger charge is 2.29. The molecule has 0 spiro atoms. The minimum Gasteiger partial charge on any atom is -0.328 e. The maximum absolute atomic E-state index is 12.7. The molecule has 1 unspecified atom stereocenters. The number of aryl methyl sites for hydroxylation is 1. The van der Waals surface area contributed by atoms with Crippen LogP contribution in [0.5, 0.6) is 0 Å². The van der Waals surface area contributed by atoms with Crippen molar-refractivity contribution < 1.29 is 4.79 Å². The molecule has 5 rings (SSSR count). The number of hydrogen-bond acceptors (Lipinski definition) is 6. The molecule has 9 heteroatoms. The number of piperazine rings is 1. The van der Waals surface area contributed by atoms with Crippen LogP contribution >= 0.6 is 0 Å². The number of nitrogens with one attached hydrogen (secondary N) is 3. The Hall–Kier alpha value is -2.75. The first kappa shape index (κ1) is 21.1. The van der Waals surface area contributed by atoms with Gasteiger partial charge in [0.25, 0.3) is 0 Å². The highest BCUT2D eigenvalue weighted by molar-refractivity contribution is 5.88. The van der Waals surface area contributed by atoms with Crippen molar-refractivity contribution in [1.82, 2.24) is 25.1 Å². The molecule has 5 N–H and O–H groups in total. The molecule has 2 fully saturated rings. The van der Waals surface area contributed by atoms with Gasteiger partial charge >= 0.3 is 11.7 Å². The van der Waals surface area contributed by atoms with Crippen LogP contribution in [0.4, 0.5) is 10.6 Å². The third-order valence-corrected chi connectivity index (χ3v) is 6.79. The molecule has 32 heavy (non-hydrogen) atoms. The number of carbonyl (C=O) groups excluding carboxylic acids is 1. The maximum atomic E-state index is 12.7. The van der Waals surface area contributed by atoms with Crippen LogP contribution in [0.2, 0.25) is 0 Å². The van der Waals surface area contributed by atoms with E-state index in [0.717, 1.165) is 50.9 Å². The molecule has 1 aromatic carbocycles. The van der Waals surface area contributed by atoms with E-state index in [1.165, 1.54) is 15.7 Å². The Bertz CT molecular complexity index is 1040. The van der Waals surface area contributed by atoms with E-state index in [2.05, 4.69) is 33.1 Å². The molecule has 2 aliphatic carbocycles. The fourth-order valence-electron chi connectivity index (χ4n) is 4.89. The Balaban J connectivity index is 1.25. The molecular weight excluding hydrogens is 406 g/mol. The Morgan fingerprint density at radius 1 is 1.12 bits per heavy atom. The van der Waals surface area contributed by atoms with E-state index in [0.29, 0.717) is 31.2 Å². The summed E-state index contributed by atoms with van der Waals surface area (Å²) in [6, 6.07) is 9.05. The normalized spacial score (nSPS) is 25.0. The predicted molar refractivity (Wildman–Crippen MR) is 123 cm³/mol. The van der Waals surface area contributed by atoms with E-state index < -0.39 is 5.69 Å². The number of anilines is 1. The smallest absolute Gasteiger partial charge is 0.328 e. The lowest BCUT2D eigenvalue weighted by atomic mass is 9.83. The van der Waals surface area contributed by atoms with Gasteiger partial charge in [-0.25, -0.2) is 9.59 Å². The van der Waals surface area contributed by atoms with Crippen molar-refractivity contribution in [3.8, 4) is 5.69 Å². The molecule has 1 aromatic heterocycles. The average molecular weight is 438 g/mol. The first-order chi connectivity index (χ1) is 15.5. The van der Waals surface area contributed by atoms with E-state index in [4.69, 9.17) is 5.73 Å². The number of hydrogen-bond donors (Lipinski definition) is 4. The number of nitrogens with zero attached hydrogens (tertiary/aromatic N) is 3. The molecule has 2 aromatic rings. The molecule has 2 heterocycles. The van der Waals surface area contributed by atoms with Crippen LogP contribution in [-0.4, -0.2) is 64.8 Å². The molecule has 0 bridgehead atoms. The minimum atomic E-state index is -0.403. The van der Waals surface area contributed by atoms with E-state index in [9.17, 15) is 9.59 Å². The molecule has 1 saturated carbocycles. The Morgan fingerprint density at radius 2 is 1.94 bits per heavy atom. The van der Waals surface area contributed by atoms with Gasteiger partial charge in [-0.05, 0) is 61.4 Å². The van der Waals surface area contributed by atoms with E-state index in [1.807, 2.05) is 6.07 Å². The summed E-state index contributed by atoms with van der Waals surface area (Å²) in [6.45, 7) is 2.82. The fraction of sp³-hybridized carbons (Fsp3) is 0.522. The van der Waals surface area contributed by atoms with E-state index in [1.54, 1.807) is 17.2 Å². The van der Waals surface area contributed by atoms with Crippen molar-refractivity contribution in [3.05, 3.63) is 52.1 Å². The Kier molecular flexibility index (Phi) is 5.95. The largest absolute Gasteiger partial charge is 0.354 e. The molecule has 1 atom stereocenters. The van der Waals surface area contributed by atoms with Crippen LogP contribution in [0.25, 0.3) is 5.69 Å². The number of amides is 2. The van der Waals surface area contributed by atoms with Gasteiger partial charge in [0.05, 0.1) is 5.69 Å². The van der Waals surface area contributed by atoms with Gasteiger partial charge in [-0.1, -0.05) is 6.07 Å². The average Bonchev–Trinajstić information content (AvgIpc) is 2.78. The number of nitrogens with two attached hydrogens (primary N) is 1.